The summed E-state index contributed by atoms with van der Waals surface area (Å²) in [4.78, 5) is 11.4. The van der Waals surface area contributed by atoms with E-state index in [0.717, 1.165) is 18.4 Å². The summed E-state index contributed by atoms with van der Waals surface area (Å²) in [6.07, 6.45) is 8.60. The molecule has 0 aromatic heterocycles. The summed E-state index contributed by atoms with van der Waals surface area (Å²) in [7, 11) is 0. The van der Waals surface area contributed by atoms with Crippen LogP contribution < -0.4 is 0 Å². The summed E-state index contributed by atoms with van der Waals surface area (Å²) in [6.45, 7) is 2.20. The lowest BCUT2D eigenvalue weighted by molar-refractivity contribution is -0.152. The number of esters is 1. The molecule has 2 atom stereocenters. The first-order chi connectivity index (χ1) is 10.6. The Morgan fingerprint density at radius 3 is 2.27 bits per heavy atom. The predicted molar refractivity (Wildman–Crippen MR) is 88.6 cm³/mol. The van der Waals surface area contributed by atoms with Gasteiger partial charge in [0.05, 0.1) is 0 Å². The molecule has 0 N–H and O–H groups in total. The van der Waals surface area contributed by atoms with E-state index in [9.17, 15) is 9.18 Å². The Kier molecular flexibility index (Phi) is 9.89. The van der Waals surface area contributed by atoms with E-state index >= 15 is 0 Å². The summed E-state index contributed by atoms with van der Waals surface area (Å²) < 4.78 is 18.0. The van der Waals surface area contributed by atoms with Gasteiger partial charge in [0, 0.05) is 0 Å². The molecule has 1 unspecified atom stereocenters. The van der Waals surface area contributed by atoms with Crippen LogP contribution in [-0.2, 0) is 9.53 Å². The van der Waals surface area contributed by atoms with Gasteiger partial charge in [0.25, 0.3) is 5.63 Å². The molecule has 2 nitrogen and oxygen atoms in total. The van der Waals surface area contributed by atoms with Crippen molar-refractivity contribution in [3.8, 4) is 0 Å². The monoisotopic (exact) mass is 328 g/mol. The molecular formula is C18H26ClFO2. The molecule has 0 aliphatic heterocycles. The average Bonchev–Trinajstić information content (AvgIpc) is 2.53. The fourth-order valence-electron chi connectivity index (χ4n) is 2.44. The fraction of sp³-hybridized carbons (Fsp3) is 0.611. The smallest absolute Gasteiger partial charge is 0.357 e. The van der Waals surface area contributed by atoms with Gasteiger partial charge in [-0.2, -0.15) is 0 Å². The summed E-state index contributed by atoms with van der Waals surface area (Å²) in [6, 6.07) is 9.44. The Balaban J connectivity index is 2.41. The molecule has 0 amide bonds. The van der Waals surface area contributed by atoms with Gasteiger partial charge < -0.3 is 4.74 Å². The topological polar surface area (TPSA) is 26.3 Å². The Hall–Kier alpha value is -1.09. The number of carbonyl (C=O) groups is 1. The van der Waals surface area contributed by atoms with Crippen LogP contribution in [0, 0.1) is 0 Å². The number of rotatable bonds is 11. The molecule has 0 radical (unpaired) electrons. The number of alkyl halides is 2. The SMILES string of the molecule is CCCCCCCCC[C@H](OC(=O)C(F)Cl)c1ccccc1. The van der Waals surface area contributed by atoms with Crippen LogP contribution in [0.15, 0.2) is 30.3 Å². The molecule has 0 fully saturated rings. The minimum Gasteiger partial charge on any atom is -0.454 e. The Labute approximate surface area is 138 Å². The van der Waals surface area contributed by atoms with Crippen LogP contribution in [-0.4, -0.2) is 11.6 Å². The van der Waals surface area contributed by atoms with Crippen LogP contribution in [0.1, 0.15) is 70.0 Å². The van der Waals surface area contributed by atoms with E-state index in [-0.39, 0.29) is 0 Å². The lowest BCUT2D eigenvalue weighted by atomic mass is 10.0. The number of benzene rings is 1. The van der Waals surface area contributed by atoms with Crippen molar-refractivity contribution in [1.82, 2.24) is 0 Å². The molecule has 0 spiro atoms. The van der Waals surface area contributed by atoms with Gasteiger partial charge in [0.2, 0.25) is 0 Å². The zero-order chi connectivity index (χ0) is 16.2. The van der Waals surface area contributed by atoms with Crippen molar-refractivity contribution >= 4 is 17.6 Å². The number of hydrogen-bond donors (Lipinski definition) is 0. The second-order valence-electron chi connectivity index (χ2n) is 5.55. The molecule has 124 valence electrons. The minimum absolute atomic E-state index is 0.415. The van der Waals surface area contributed by atoms with Gasteiger partial charge in [0.1, 0.15) is 6.10 Å². The van der Waals surface area contributed by atoms with E-state index in [1.54, 1.807) is 0 Å². The zero-order valence-electron chi connectivity index (χ0n) is 13.3. The highest BCUT2D eigenvalue weighted by Gasteiger charge is 2.21. The third-order valence-electron chi connectivity index (χ3n) is 3.68. The molecule has 0 saturated heterocycles. The number of unbranched alkanes of at least 4 members (excludes halogenated alkanes) is 6. The first-order valence-corrected chi connectivity index (χ1v) is 8.62. The molecule has 0 heterocycles. The molecule has 0 saturated carbocycles. The molecule has 0 bridgehead atoms. The highest BCUT2D eigenvalue weighted by molar-refractivity contribution is 6.28. The van der Waals surface area contributed by atoms with Crippen LogP contribution in [0.25, 0.3) is 0 Å². The van der Waals surface area contributed by atoms with Crippen LogP contribution >= 0.6 is 11.6 Å². The van der Waals surface area contributed by atoms with Gasteiger partial charge in [-0.1, -0.05) is 87.4 Å². The Morgan fingerprint density at radius 2 is 1.68 bits per heavy atom. The van der Waals surface area contributed by atoms with Gasteiger partial charge in [-0.3, -0.25) is 0 Å². The van der Waals surface area contributed by atoms with Crippen LogP contribution in [0.4, 0.5) is 4.39 Å². The molecule has 0 aliphatic carbocycles. The molecule has 0 aliphatic rings. The van der Waals surface area contributed by atoms with Gasteiger partial charge in [-0.25, -0.2) is 9.18 Å². The van der Waals surface area contributed by atoms with E-state index in [2.05, 4.69) is 6.92 Å². The number of carbonyl (C=O) groups excluding carboxylic acids is 1. The molecule has 1 aromatic rings. The van der Waals surface area contributed by atoms with Crippen molar-refractivity contribution in [3.05, 3.63) is 35.9 Å². The number of ether oxygens (including phenoxy) is 1. The Morgan fingerprint density at radius 1 is 1.09 bits per heavy atom. The normalized spacial score (nSPS) is 13.6. The first-order valence-electron chi connectivity index (χ1n) is 8.18. The van der Waals surface area contributed by atoms with Gasteiger partial charge in [0.15, 0.2) is 0 Å². The van der Waals surface area contributed by atoms with Gasteiger partial charge in [-0.15, -0.1) is 0 Å². The molecule has 4 heteroatoms. The second-order valence-corrected chi connectivity index (χ2v) is 5.93. The van der Waals surface area contributed by atoms with E-state index in [4.69, 9.17) is 16.3 Å². The standard InChI is InChI=1S/C18H26ClFO2/c1-2-3-4-5-6-7-11-14-16(22-18(21)17(19)20)15-12-9-8-10-13-15/h8-10,12-13,16-17H,2-7,11,14H2,1H3/t16-,17?/m0/s1. The van der Waals surface area contributed by atoms with Gasteiger partial charge in [-0.05, 0) is 18.4 Å². The van der Waals surface area contributed by atoms with Gasteiger partial charge >= 0.3 is 5.97 Å². The predicted octanol–water partition coefficient (Wildman–Crippen LogP) is 5.95. The highest BCUT2D eigenvalue weighted by Crippen LogP contribution is 2.25. The van der Waals surface area contributed by atoms with E-state index < -0.39 is 17.7 Å². The quantitative estimate of drug-likeness (QED) is 0.285. The third-order valence-corrected chi connectivity index (χ3v) is 3.86. The summed E-state index contributed by atoms with van der Waals surface area (Å²) in [5.41, 5.74) is -1.21. The van der Waals surface area contributed by atoms with Crippen LogP contribution in [0.2, 0.25) is 0 Å². The van der Waals surface area contributed by atoms with Crippen molar-refractivity contribution in [1.29, 1.82) is 0 Å². The highest BCUT2D eigenvalue weighted by atomic mass is 35.5. The first kappa shape index (κ1) is 19.0. The lowest BCUT2D eigenvalue weighted by Crippen LogP contribution is -2.17. The molecule has 22 heavy (non-hydrogen) atoms. The maximum absolute atomic E-state index is 12.8. The van der Waals surface area contributed by atoms with Crippen molar-refractivity contribution in [2.45, 2.75) is 70.0 Å². The van der Waals surface area contributed by atoms with Crippen molar-refractivity contribution < 1.29 is 13.9 Å². The molecular weight excluding hydrogens is 303 g/mol. The number of hydrogen-bond acceptors (Lipinski definition) is 2. The van der Waals surface area contributed by atoms with Crippen LogP contribution in [0.5, 0.6) is 0 Å². The largest absolute Gasteiger partial charge is 0.454 e. The minimum atomic E-state index is -2.10. The molecule has 1 rings (SSSR count). The van der Waals surface area contributed by atoms with Crippen molar-refractivity contribution in [2.24, 2.45) is 0 Å². The maximum atomic E-state index is 12.8. The van der Waals surface area contributed by atoms with E-state index in [1.807, 2.05) is 30.3 Å². The summed E-state index contributed by atoms with van der Waals surface area (Å²) >= 11 is 5.15. The zero-order valence-corrected chi connectivity index (χ0v) is 14.0. The Bertz CT molecular complexity index is 409. The summed E-state index contributed by atoms with van der Waals surface area (Å²) in [5, 5.41) is 0. The maximum Gasteiger partial charge on any atom is 0.357 e. The third kappa shape index (κ3) is 7.79. The van der Waals surface area contributed by atoms with Crippen LogP contribution in [0.3, 0.4) is 0 Å². The lowest BCUT2D eigenvalue weighted by Gasteiger charge is -2.18. The van der Waals surface area contributed by atoms with E-state index in [1.165, 1.54) is 32.1 Å². The van der Waals surface area contributed by atoms with Crippen molar-refractivity contribution in [2.75, 3.05) is 0 Å². The van der Waals surface area contributed by atoms with E-state index in [0.29, 0.717) is 6.42 Å². The van der Waals surface area contributed by atoms with Crippen molar-refractivity contribution in [3.63, 3.8) is 0 Å². The fourth-order valence-corrected chi connectivity index (χ4v) is 2.49. The molecule has 1 aromatic carbocycles. The average molecular weight is 329 g/mol. The summed E-state index contributed by atoms with van der Waals surface area (Å²) in [5.74, 6) is -1.00. The number of halogens is 2. The second kappa shape index (κ2) is 11.5.